The molecule has 1 heterocycles. The van der Waals surface area contributed by atoms with Crippen molar-refractivity contribution in [3.05, 3.63) is 47.3 Å². The van der Waals surface area contributed by atoms with Gasteiger partial charge in [0.25, 0.3) is 0 Å². The van der Waals surface area contributed by atoms with Crippen LogP contribution in [0.3, 0.4) is 0 Å². The largest absolute Gasteiger partial charge is 0.496 e. The SMILES string of the molecule is COc1ccc(F)cc1-c1ccc(N)c2c1CCN(C)C2. The van der Waals surface area contributed by atoms with Crippen molar-refractivity contribution in [2.75, 3.05) is 26.4 Å². The molecule has 110 valence electrons. The fourth-order valence-corrected chi connectivity index (χ4v) is 2.98. The van der Waals surface area contributed by atoms with Gasteiger partial charge in [-0.05, 0) is 54.4 Å². The third kappa shape index (κ3) is 2.47. The maximum Gasteiger partial charge on any atom is 0.126 e. The first-order valence-electron chi connectivity index (χ1n) is 7.03. The summed E-state index contributed by atoms with van der Waals surface area (Å²) in [7, 11) is 3.69. The van der Waals surface area contributed by atoms with Crippen molar-refractivity contribution in [1.82, 2.24) is 4.90 Å². The number of methoxy groups -OCH3 is 1. The number of likely N-dealkylation sites (N-methyl/N-ethyl adjacent to an activating group) is 1. The molecule has 4 heteroatoms. The number of halogens is 1. The molecule has 1 aliphatic heterocycles. The topological polar surface area (TPSA) is 38.5 Å². The molecule has 0 aromatic heterocycles. The zero-order chi connectivity index (χ0) is 15.0. The highest BCUT2D eigenvalue weighted by Gasteiger charge is 2.21. The van der Waals surface area contributed by atoms with Crippen molar-refractivity contribution in [3.8, 4) is 16.9 Å². The normalized spacial score (nSPS) is 14.8. The lowest BCUT2D eigenvalue weighted by atomic mass is 9.89. The van der Waals surface area contributed by atoms with Gasteiger partial charge in [0.2, 0.25) is 0 Å². The lowest BCUT2D eigenvalue weighted by Gasteiger charge is -2.28. The summed E-state index contributed by atoms with van der Waals surface area (Å²) >= 11 is 0. The Kier molecular flexibility index (Phi) is 3.55. The smallest absolute Gasteiger partial charge is 0.126 e. The second-order valence-corrected chi connectivity index (χ2v) is 5.49. The Labute approximate surface area is 124 Å². The third-order valence-corrected chi connectivity index (χ3v) is 4.09. The van der Waals surface area contributed by atoms with E-state index in [2.05, 4.69) is 11.9 Å². The van der Waals surface area contributed by atoms with E-state index in [1.165, 1.54) is 17.7 Å². The minimum Gasteiger partial charge on any atom is -0.496 e. The van der Waals surface area contributed by atoms with Gasteiger partial charge < -0.3 is 15.4 Å². The summed E-state index contributed by atoms with van der Waals surface area (Å²) in [6, 6.07) is 8.49. The Bertz CT molecular complexity index is 685. The molecule has 2 aromatic carbocycles. The van der Waals surface area contributed by atoms with Gasteiger partial charge in [0, 0.05) is 24.3 Å². The van der Waals surface area contributed by atoms with Crippen molar-refractivity contribution >= 4 is 5.69 Å². The van der Waals surface area contributed by atoms with Gasteiger partial charge in [0.1, 0.15) is 11.6 Å². The average Bonchev–Trinajstić information content (AvgIpc) is 2.48. The highest BCUT2D eigenvalue weighted by molar-refractivity contribution is 5.77. The summed E-state index contributed by atoms with van der Waals surface area (Å²) in [5.74, 6) is 0.423. The Morgan fingerprint density at radius 3 is 2.71 bits per heavy atom. The molecule has 0 atom stereocenters. The van der Waals surface area contributed by atoms with E-state index in [0.717, 1.165) is 41.9 Å². The van der Waals surface area contributed by atoms with Crippen LogP contribution in [0.4, 0.5) is 10.1 Å². The maximum atomic E-state index is 13.7. The van der Waals surface area contributed by atoms with Gasteiger partial charge in [-0.15, -0.1) is 0 Å². The van der Waals surface area contributed by atoms with Crippen LogP contribution in [0, 0.1) is 5.82 Å². The van der Waals surface area contributed by atoms with Crippen LogP contribution in [0.15, 0.2) is 30.3 Å². The van der Waals surface area contributed by atoms with Gasteiger partial charge in [0.15, 0.2) is 0 Å². The summed E-state index contributed by atoms with van der Waals surface area (Å²) in [6.45, 7) is 1.80. The molecule has 0 unspecified atom stereocenters. The van der Waals surface area contributed by atoms with Crippen molar-refractivity contribution < 1.29 is 9.13 Å². The molecule has 1 aliphatic rings. The number of anilines is 1. The van der Waals surface area contributed by atoms with Crippen molar-refractivity contribution in [2.24, 2.45) is 0 Å². The van der Waals surface area contributed by atoms with E-state index in [-0.39, 0.29) is 5.82 Å². The highest BCUT2D eigenvalue weighted by Crippen LogP contribution is 2.38. The minimum atomic E-state index is -0.260. The molecule has 0 bridgehead atoms. The van der Waals surface area contributed by atoms with Gasteiger partial charge in [-0.1, -0.05) is 6.07 Å². The van der Waals surface area contributed by atoms with Crippen LogP contribution in [-0.2, 0) is 13.0 Å². The number of ether oxygens (including phenoxy) is 1. The molecule has 0 aliphatic carbocycles. The summed E-state index contributed by atoms with van der Waals surface area (Å²) in [5, 5.41) is 0. The summed E-state index contributed by atoms with van der Waals surface area (Å²) in [4.78, 5) is 2.24. The lowest BCUT2D eigenvalue weighted by Crippen LogP contribution is -2.27. The number of rotatable bonds is 2. The van der Waals surface area contributed by atoms with E-state index in [0.29, 0.717) is 5.75 Å². The fourth-order valence-electron chi connectivity index (χ4n) is 2.98. The molecule has 0 saturated heterocycles. The van der Waals surface area contributed by atoms with Gasteiger partial charge in [-0.3, -0.25) is 0 Å². The third-order valence-electron chi connectivity index (χ3n) is 4.09. The molecule has 0 amide bonds. The van der Waals surface area contributed by atoms with Crippen LogP contribution in [0.5, 0.6) is 5.75 Å². The maximum absolute atomic E-state index is 13.7. The zero-order valence-corrected chi connectivity index (χ0v) is 12.3. The molecule has 0 saturated carbocycles. The average molecular weight is 286 g/mol. The number of hydrogen-bond donors (Lipinski definition) is 1. The molecule has 2 aromatic rings. The lowest BCUT2D eigenvalue weighted by molar-refractivity contribution is 0.314. The first-order chi connectivity index (χ1) is 10.1. The summed E-state index contributed by atoms with van der Waals surface area (Å²) in [5.41, 5.74) is 11.1. The van der Waals surface area contributed by atoms with Crippen LogP contribution >= 0.6 is 0 Å². The second-order valence-electron chi connectivity index (χ2n) is 5.49. The molecule has 2 N–H and O–H groups in total. The molecular weight excluding hydrogens is 267 g/mol. The molecule has 0 fully saturated rings. The van der Waals surface area contributed by atoms with Crippen molar-refractivity contribution in [3.63, 3.8) is 0 Å². The Hall–Kier alpha value is -2.07. The molecule has 21 heavy (non-hydrogen) atoms. The summed E-state index contributed by atoms with van der Waals surface area (Å²) in [6.07, 6.45) is 0.909. The first kappa shape index (κ1) is 13.9. The van der Waals surface area contributed by atoms with Crippen LogP contribution in [0.1, 0.15) is 11.1 Å². The Morgan fingerprint density at radius 1 is 1.14 bits per heavy atom. The first-order valence-corrected chi connectivity index (χ1v) is 7.03. The Balaban J connectivity index is 2.20. The van der Waals surface area contributed by atoms with E-state index < -0.39 is 0 Å². The van der Waals surface area contributed by atoms with E-state index >= 15 is 0 Å². The predicted octanol–water partition coefficient (Wildman–Crippen LogP) is 3.07. The fraction of sp³-hybridized carbons (Fsp3) is 0.294. The van der Waals surface area contributed by atoms with E-state index in [9.17, 15) is 4.39 Å². The second kappa shape index (κ2) is 5.37. The molecule has 3 rings (SSSR count). The van der Waals surface area contributed by atoms with Crippen LogP contribution in [0.2, 0.25) is 0 Å². The van der Waals surface area contributed by atoms with Gasteiger partial charge in [0.05, 0.1) is 7.11 Å². The number of nitrogens with two attached hydrogens (primary N) is 1. The highest BCUT2D eigenvalue weighted by atomic mass is 19.1. The standard InChI is InChI=1S/C17H19FN2O/c1-20-8-7-13-12(4-5-16(19)15(13)10-20)14-9-11(18)3-6-17(14)21-2/h3-6,9H,7-8,10,19H2,1-2H3. The number of benzene rings is 2. The van der Waals surface area contributed by atoms with Crippen LogP contribution in [0.25, 0.3) is 11.1 Å². The monoisotopic (exact) mass is 286 g/mol. The van der Waals surface area contributed by atoms with Gasteiger partial charge in [-0.25, -0.2) is 4.39 Å². The molecule has 3 nitrogen and oxygen atoms in total. The summed E-state index contributed by atoms with van der Waals surface area (Å²) < 4.78 is 19.0. The van der Waals surface area contributed by atoms with E-state index in [4.69, 9.17) is 10.5 Å². The van der Waals surface area contributed by atoms with Gasteiger partial charge in [-0.2, -0.15) is 0 Å². The van der Waals surface area contributed by atoms with Gasteiger partial charge >= 0.3 is 0 Å². The van der Waals surface area contributed by atoms with E-state index in [1.54, 1.807) is 13.2 Å². The van der Waals surface area contributed by atoms with Crippen LogP contribution < -0.4 is 10.5 Å². The number of nitrogens with zero attached hydrogens (tertiary/aromatic N) is 1. The molecule has 0 radical (unpaired) electrons. The number of nitrogen functional groups attached to an aromatic ring is 1. The van der Waals surface area contributed by atoms with Crippen molar-refractivity contribution in [1.29, 1.82) is 0 Å². The van der Waals surface area contributed by atoms with Crippen molar-refractivity contribution in [2.45, 2.75) is 13.0 Å². The number of hydrogen-bond acceptors (Lipinski definition) is 3. The molecule has 0 spiro atoms. The van der Waals surface area contributed by atoms with E-state index in [1.807, 2.05) is 12.1 Å². The zero-order valence-electron chi connectivity index (χ0n) is 12.3. The number of fused-ring (bicyclic) bond motifs is 1. The Morgan fingerprint density at radius 2 is 1.95 bits per heavy atom. The van der Waals surface area contributed by atoms with Crippen LogP contribution in [-0.4, -0.2) is 25.6 Å². The predicted molar refractivity (Wildman–Crippen MR) is 82.8 cm³/mol. The quantitative estimate of drug-likeness (QED) is 0.862. The molecular formula is C17H19FN2O. The minimum absolute atomic E-state index is 0.260.